The summed E-state index contributed by atoms with van der Waals surface area (Å²) in [6.07, 6.45) is 2.63. The molecule has 1 saturated heterocycles. The first-order valence-corrected chi connectivity index (χ1v) is 24.6. The number of nitrogens with one attached hydrogen (secondary N) is 1. The molecule has 10 nitrogen and oxygen atoms in total. The Hall–Kier alpha value is -5.07. The zero-order valence-corrected chi connectivity index (χ0v) is 36.7. The van der Waals surface area contributed by atoms with Crippen LogP contribution >= 0.6 is 0 Å². The summed E-state index contributed by atoms with van der Waals surface area (Å²) >= 11 is 0. The first-order valence-electron chi connectivity index (χ1n) is 21.7. The summed E-state index contributed by atoms with van der Waals surface area (Å²) in [5.74, 6) is 2.03. The quantitative estimate of drug-likeness (QED) is 0.107. The van der Waals surface area contributed by atoms with Gasteiger partial charge in [0.1, 0.15) is 5.75 Å². The van der Waals surface area contributed by atoms with Crippen molar-refractivity contribution in [1.29, 1.82) is 0 Å². The van der Waals surface area contributed by atoms with E-state index in [1.54, 1.807) is 0 Å². The van der Waals surface area contributed by atoms with E-state index in [0.717, 1.165) is 105 Å². The molecule has 1 amide bonds. The molecule has 11 heteroatoms. The van der Waals surface area contributed by atoms with Gasteiger partial charge in [0.05, 0.1) is 5.56 Å². The molecule has 5 heterocycles. The van der Waals surface area contributed by atoms with Crippen LogP contribution in [0.15, 0.2) is 97.1 Å². The molecule has 4 aromatic carbocycles. The Bertz CT molecular complexity index is 2330. The average molecular weight is 826 g/mol. The normalized spacial score (nSPS) is 18.4. The monoisotopic (exact) mass is 825 g/mol. The Labute approximate surface area is 355 Å². The van der Waals surface area contributed by atoms with Crippen LogP contribution in [0.25, 0.3) is 11.3 Å². The lowest BCUT2D eigenvalue weighted by Gasteiger charge is -2.41. The number of aromatic nitrogens is 1. The van der Waals surface area contributed by atoms with E-state index in [4.69, 9.17) is 13.9 Å². The summed E-state index contributed by atoms with van der Waals surface area (Å²) in [6, 6.07) is 32.8. The Kier molecular flexibility index (Phi) is 11.0. The minimum atomic E-state index is -2.05. The summed E-state index contributed by atoms with van der Waals surface area (Å²) in [5.41, 5.74) is 8.44. The number of amides is 1. The van der Waals surface area contributed by atoms with Gasteiger partial charge in [-0.3, -0.25) is 9.69 Å². The van der Waals surface area contributed by atoms with Crippen molar-refractivity contribution < 1.29 is 23.8 Å². The van der Waals surface area contributed by atoms with Gasteiger partial charge in [-0.15, -0.1) is 0 Å². The molecule has 9 rings (SSSR count). The lowest BCUT2D eigenvalue weighted by atomic mass is 9.92. The van der Waals surface area contributed by atoms with Crippen LogP contribution in [0.5, 0.6) is 17.2 Å². The number of fused-ring (bicyclic) bond motifs is 3. The third-order valence-electron chi connectivity index (χ3n) is 13.5. The molecule has 1 aromatic heterocycles. The summed E-state index contributed by atoms with van der Waals surface area (Å²) in [7, 11) is -2.05. The molecule has 2 N–H and O–H groups in total. The molecule has 4 aliphatic rings. The number of aliphatic hydroxyl groups excluding tert-OH is 1. The van der Waals surface area contributed by atoms with Gasteiger partial charge in [-0.25, -0.2) is 0 Å². The van der Waals surface area contributed by atoms with Crippen molar-refractivity contribution in [3.8, 4) is 28.5 Å². The third kappa shape index (κ3) is 7.84. The molecule has 4 aliphatic heterocycles. The van der Waals surface area contributed by atoms with Crippen LogP contribution in [0.4, 0.5) is 11.4 Å². The third-order valence-corrected chi connectivity index (χ3v) is 17.8. The second-order valence-corrected chi connectivity index (χ2v) is 23.1. The molecule has 5 aromatic rings. The van der Waals surface area contributed by atoms with Crippen LogP contribution in [-0.2, 0) is 25.9 Å². The van der Waals surface area contributed by atoms with Crippen molar-refractivity contribution in [2.45, 2.75) is 89.9 Å². The number of hydrogen-bond acceptors (Lipinski definition) is 8. The molecular formula is C49H59N5O5Si. The topological polar surface area (TPSA) is 91.7 Å². The molecule has 0 aliphatic carbocycles. The van der Waals surface area contributed by atoms with E-state index in [1.807, 2.05) is 71.6 Å². The minimum absolute atomic E-state index is 0.0143. The van der Waals surface area contributed by atoms with E-state index in [2.05, 4.69) is 83.9 Å². The second-order valence-electron chi connectivity index (χ2n) is 18.3. The van der Waals surface area contributed by atoms with Gasteiger partial charge >= 0.3 is 0 Å². The molecule has 1 unspecified atom stereocenters. The number of aliphatic hydroxyl groups is 1. The average Bonchev–Trinajstić information content (AvgIpc) is 3.88. The van der Waals surface area contributed by atoms with Gasteiger partial charge in [0, 0.05) is 85.7 Å². The predicted octanol–water partition coefficient (Wildman–Crippen LogP) is 8.91. The van der Waals surface area contributed by atoms with Crippen molar-refractivity contribution >= 4 is 25.6 Å². The largest absolute Gasteiger partial charge is 0.544 e. The number of hydrogen-bond donors (Lipinski definition) is 2. The van der Waals surface area contributed by atoms with E-state index < -0.39 is 14.5 Å². The Balaban J connectivity index is 1.11. The van der Waals surface area contributed by atoms with E-state index in [1.165, 1.54) is 11.1 Å². The summed E-state index contributed by atoms with van der Waals surface area (Å²) in [4.78, 5) is 21.9. The number of piperazine rings is 1. The smallest absolute Gasteiger partial charge is 0.255 e. The lowest BCUT2D eigenvalue weighted by molar-refractivity contribution is 0.0572. The highest BCUT2D eigenvalue weighted by molar-refractivity contribution is 6.74. The first-order chi connectivity index (χ1) is 28.9. The fourth-order valence-electron chi connectivity index (χ4n) is 9.10. The van der Waals surface area contributed by atoms with Crippen molar-refractivity contribution in [1.82, 2.24) is 19.7 Å². The van der Waals surface area contributed by atoms with Gasteiger partial charge in [0.2, 0.25) is 15.1 Å². The summed E-state index contributed by atoms with van der Waals surface area (Å²) < 4.78 is 20.9. The summed E-state index contributed by atoms with van der Waals surface area (Å²) in [5, 5.41) is 16.3. The van der Waals surface area contributed by atoms with Gasteiger partial charge in [0.15, 0.2) is 17.7 Å². The molecule has 0 saturated carbocycles. The van der Waals surface area contributed by atoms with Crippen LogP contribution in [0.3, 0.4) is 0 Å². The number of benzene rings is 4. The fraction of sp³-hybridized carbons (Fsp3) is 0.408. The molecule has 0 radical (unpaired) electrons. The van der Waals surface area contributed by atoms with Crippen molar-refractivity contribution in [3.63, 3.8) is 0 Å². The molecule has 2 atom stereocenters. The van der Waals surface area contributed by atoms with Gasteiger partial charge < -0.3 is 38.7 Å². The number of carbonyl (C=O) groups is 1. The number of carbonyl (C=O) groups excluding carboxylic acids is 1. The van der Waals surface area contributed by atoms with Crippen LogP contribution < -0.4 is 24.1 Å². The zero-order valence-electron chi connectivity index (χ0n) is 35.7. The van der Waals surface area contributed by atoms with Crippen LogP contribution in [0.2, 0.25) is 18.1 Å². The first kappa shape index (κ1) is 40.3. The van der Waals surface area contributed by atoms with Gasteiger partial charge in [-0.1, -0.05) is 63.2 Å². The highest BCUT2D eigenvalue weighted by atomic mass is 28.4. The lowest BCUT2D eigenvalue weighted by Crippen LogP contribution is -2.53. The predicted molar refractivity (Wildman–Crippen MR) is 240 cm³/mol. The maximum Gasteiger partial charge on any atom is 0.255 e. The zero-order chi connectivity index (χ0) is 41.6. The van der Waals surface area contributed by atoms with E-state index in [9.17, 15) is 5.11 Å². The second kappa shape index (κ2) is 16.4. The number of anilines is 2. The van der Waals surface area contributed by atoms with Crippen molar-refractivity contribution in [2.75, 3.05) is 44.4 Å². The SMILES string of the molecule is CC(C)(C)[Si](C)(C)Oc1ccc(N(c2ccccc2)C(O)c2cc(-c3cc4c(cc3C(=O)N3Cc5ccccc5C[C@H]3CN3CCNCC3)OCO4)n3c2CCCC3)cc1. The molecule has 1 fully saturated rings. The van der Waals surface area contributed by atoms with Crippen LogP contribution in [-0.4, -0.2) is 79.3 Å². The highest BCUT2D eigenvalue weighted by Gasteiger charge is 2.39. The Morgan fingerprint density at radius 2 is 1.57 bits per heavy atom. The van der Waals surface area contributed by atoms with Crippen LogP contribution in [0.1, 0.15) is 72.6 Å². The molecular weight excluding hydrogens is 767 g/mol. The number of nitrogens with zero attached hydrogens (tertiary/aromatic N) is 4. The maximum absolute atomic E-state index is 15.3. The standard InChI is InChI=1S/C49H59N5O5Si/c1-49(2,3)60(4,5)59-39-20-18-37(19-21-39)54(36-15-7-6-8-16-36)48(56)42-28-44(52-24-12-11-17-43(42)52)40-29-45-46(58-33-57-45)30-41(40)47(55)53-31-35-14-10-9-13-34(35)27-38(53)32-51-25-22-50-23-26-51/h6-10,13-16,18-21,28-30,38,48,50,56H,11-12,17,22-27,31-33H2,1-5H3/t38-,48?/m0/s1. The Morgan fingerprint density at radius 3 is 2.30 bits per heavy atom. The Morgan fingerprint density at radius 1 is 0.883 bits per heavy atom. The fourth-order valence-corrected chi connectivity index (χ4v) is 10.1. The van der Waals surface area contributed by atoms with Gasteiger partial charge in [-0.2, -0.15) is 0 Å². The summed E-state index contributed by atoms with van der Waals surface area (Å²) in [6.45, 7) is 17.3. The van der Waals surface area contributed by atoms with Gasteiger partial charge in [-0.05, 0) is 110 Å². The molecule has 314 valence electrons. The van der Waals surface area contributed by atoms with E-state index >= 15 is 4.79 Å². The number of ether oxygens (including phenoxy) is 2. The maximum atomic E-state index is 15.3. The molecule has 0 spiro atoms. The molecule has 60 heavy (non-hydrogen) atoms. The van der Waals surface area contributed by atoms with Gasteiger partial charge in [0.25, 0.3) is 5.91 Å². The van der Waals surface area contributed by atoms with Crippen LogP contribution in [0, 0.1) is 0 Å². The molecule has 0 bridgehead atoms. The van der Waals surface area contributed by atoms with Crippen molar-refractivity contribution in [2.24, 2.45) is 0 Å². The van der Waals surface area contributed by atoms with E-state index in [0.29, 0.717) is 23.6 Å². The van der Waals surface area contributed by atoms with E-state index in [-0.39, 0.29) is 23.8 Å². The number of rotatable bonds is 10. The highest BCUT2D eigenvalue weighted by Crippen LogP contribution is 2.45. The number of para-hydroxylation sites is 1. The van der Waals surface area contributed by atoms with Crippen molar-refractivity contribution in [3.05, 3.63) is 125 Å². The minimum Gasteiger partial charge on any atom is -0.544 e.